The van der Waals surface area contributed by atoms with Gasteiger partial charge in [0.25, 0.3) is 0 Å². The third kappa shape index (κ3) is 6.87. The molecule has 190 valence electrons. The van der Waals surface area contributed by atoms with Crippen LogP contribution >= 0.6 is 11.6 Å². The second kappa shape index (κ2) is 11.7. The van der Waals surface area contributed by atoms with Crippen LogP contribution in [0.25, 0.3) is 24.3 Å². The number of phenolic OH excluding ortho intramolecular Hbond substituents is 7. The van der Waals surface area contributed by atoms with Crippen molar-refractivity contribution in [2.45, 2.75) is 0 Å². The van der Waals surface area contributed by atoms with E-state index in [9.17, 15) is 35.0 Å². The summed E-state index contributed by atoms with van der Waals surface area (Å²) in [6.07, 6.45) is 6.38. The summed E-state index contributed by atoms with van der Waals surface area (Å²) in [5.41, 5.74) is 2.12. The van der Waals surface area contributed by atoms with Gasteiger partial charge < -0.3 is 35.7 Å². The van der Waals surface area contributed by atoms with Gasteiger partial charge in [0, 0.05) is 5.02 Å². The Morgan fingerprint density at radius 1 is 0.486 bits per heavy atom. The van der Waals surface area contributed by atoms with Crippen molar-refractivity contribution >= 4 is 35.9 Å². The van der Waals surface area contributed by atoms with E-state index < -0.39 is 28.7 Å². The molecule has 0 fully saturated rings. The maximum Gasteiger partial charge on any atom is 0.208 e. The van der Waals surface area contributed by atoms with Crippen LogP contribution in [-0.4, -0.2) is 35.7 Å². The minimum Gasteiger partial charge on any atom is -0.504 e. The van der Waals surface area contributed by atoms with Gasteiger partial charge in [-0.3, -0.25) is 0 Å². The molecule has 0 spiro atoms. The highest BCUT2D eigenvalue weighted by Gasteiger charge is 2.21. The van der Waals surface area contributed by atoms with Crippen LogP contribution in [0.3, 0.4) is 0 Å². The van der Waals surface area contributed by atoms with Gasteiger partial charge in [-0.05, 0) is 59.2 Å². The maximum absolute atomic E-state index is 12.7. The standard InChI is InChI=1S/C14H11ClO5.C14H11FO2/c15-8-4-1-7(2-5-8)3-6-9-10(16)12(18)14(20)13(19)11(9)17;15-12-6-3-10(4-7-12)1-2-11-5-8-13(16)14(17)9-11/h1-6,16-20H;1-9,16-17H. The molecule has 0 amide bonds. The molecule has 4 aromatic rings. The molecule has 37 heavy (non-hydrogen) atoms. The Bertz CT molecular complexity index is 1420. The number of hydrogen-bond acceptors (Lipinski definition) is 7. The first kappa shape index (κ1) is 26.8. The Labute approximate surface area is 216 Å². The highest BCUT2D eigenvalue weighted by molar-refractivity contribution is 6.30. The van der Waals surface area contributed by atoms with E-state index in [1.165, 1.54) is 36.4 Å². The third-order valence-corrected chi connectivity index (χ3v) is 5.31. The average Bonchev–Trinajstić information content (AvgIpc) is 2.89. The van der Waals surface area contributed by atoms with Crippen molar-refractivity contribution in [3.63, 3.8) is 0 Å². The van der Waals surface area contributed by atoms with Crippen LogP contribution in [0, 0.1) is 5.82 Å². The first-order valence-corrected chi connectivity index (χ1v) is 11.0. The van der Waals surface area contributed by atoms with Crippen molar-refractivity contribution < 1.29 is 40.1 Å². The summed E-state index contributed by atoms with van der Waals surface area (Å²) in [5.74, 6) is -4.85. The van der Waals surface area contributed by atoms with Gasteiger partial charge in [-0.1, -0.05) is 60.2 Å². The van der Waals surface area contributed by atoms with Crippen molar-refractivity contribution in [1.82, 2.24) is 0 Å². The molecule has 0 saturated carbocycles. The Kier molecular flexibility index (Phi) is 8.50. The molecule has 4 aromatic carbocycles. The number of benzene rings is 4. The van der Waals surface area contributed by atoms with Crippen LogP contribution in [0.15, 0.2) is 66.7 Å². The first-order chi connectivity index (χ1) is 17.6. The molecule has 0 radical (unpaired) electrons. The summed E-state index contributed by atoms with van der Waals surface area (Å²) in [5, 5.41) is 66.4. The minimum atomic E-state index is -0.983. The minimum absolute atomic E-state index is 0.149. The zero-order chi connectivity index (χ0) is 27.1. The average molecular weight is 525 g/mol. The van der Waals surface area contributed by atoms with Gasteiger partial charge in [0.15, 0.2) is 23.0 Å². The van der Waals surface area contributed by atoms with Crippen LogP contribution in [-0.2, 0) is 0 Å². The van der Waals surface area contributed by atoms with E-state index in [0.29, 0.717) is 5.02 Å². The Morgan fingerprint density at radius 3 is 1.46 bits per heavy atom. The Morgan fingerprint density at radius 2 is 0.919 bits per heavy atom. The number of hydrogen-bond donors (Lipinski definition) is 7. The van der Waals surface area contributed by atoms with Crippen LogP contribution in [0.1, 0.15) is 22.3 Å². The van der Waals surface area contributed by atoms with Gasteiger partial charge in [-0.2, -0.15) is 0 Å². The normalized spacial score (nSPS) is 11.0. The van der Waals surface area contributed by atoms with Crippen molar-refractivity contribution in [3.8, 4) is 40.2 Å². The lowest BCUT2D eigenvalue weighted by Crippen LogP contribution is -1.82. The molecule has 0 aliphatic rings. The van der Waals surface area contributed by atoms with E-state index in [2.05, 4.69) is 0 Å². The van der Waals surface area contributed by atoms with Crippen LogP contribution in [0.4, 0.5) is 4.39 Å². The Hall–Kier alpha value is -4.82. The molecule has 0 atom stereocenters. The number of rotatable bonds is 4. The molecule has 0 saturated heterocycles. The molecule has 9 heteroatoms. The highest BCUT2D eigenvalue weighted by Crippen LogP contribution is 2.51. The van der Waals surface area contributed by atoms with Crippen LogP contribution < -0.4 is 0 Å². The molecule has 0 bridgehead atoms. The molecule has 4 rings (SSSR count). The van der Waals surface area contributed by atoms with E-state index in [-0.39, 0.29) is 22.9 Å². The summed E-state index contributed by atoms with van der Waals surface area (Å²) in [4.78, 5) is 0. The smallest absolute Gasteiger partial charge is 0.208 e. The zero-order valence-electron chi connectivity index (χ0n) is 19.0. The molecule has 0 heterocycles. The molecule has 0 aromatic heterocycles. The molecule has 0 unspecified atom stereocenters. The number of halogens is 2. The lowest BCUT2D eigenvalue weighted by molar-refractivity contribution is 0.327. The van der Waals surface area contributed by atoms with Crippen LogP contribution in [0.2, 0.25) is 5.02 Å². The van der Waals surface area contributed by atoms with Crippen LogP contribution in [0.5, 0.6) is 40.2 Å². The monoisotopic (exact) mass is 524 g/mol. The van der Waals surface area contributed by atoms with Gasteiger partial charge in [0.05, 0.1) is 5.56 Å². The SMILES string of the molecule is Oc1c(O)c(O)c(C=Cc2ccc(Cl)cc2)c(O)c1O.Oc1ccc(C=Cc2ccc(F)cc2)cc1O. The van der Waals surface area contributed by atoms with Gasteiger partial charge in [-0.15, -0.1) is 0 Å². The predicted octanol–water partition coefficient (Wildman–Crippen LogP) is 6.45. The second-order valence-electron chi connectivity index (χ2n) is 7.67. The fraction of sp³-hybridized carbons (Fsp3) is 0. The van der Waals surface area contributed by atoms with E-state index in [1.807, 2.05) is 0 Å². The molecular weight excluding hydrogens is 503 g/mol. The topological polar surface area (TPSA) is 142 Å². The van der Waals surface area contributed by atoms with Crippen molar-refractivity contribution in [3.05, 3.63) is 99.8 Å². The highest BCUT2D eigenvalue weighted by atomic mass is 35.5. The van der Waals surface area contributed by atoms with Crippen molar-refractivity contribution in [2.75, 3.05) is 0 Å². The molecule has 7 N–H and O–H groups in total. The quantitative estimate of drug-likeness (QED) is 0.0924. The molecular formula is C28H22ClFO7. The second-order valence-corrected chi connectivity index (χ2v) is 8.11. The number of phenols is 7. The van der Waals surface area contributed by atoms with E-state index in [0.717, 1.165) is 16.7 Å². The Balaban J connectivity index is 0.000000208. The van der Waals surface area contributed by atoms with E-state index in [4.69, 9.17) is 16.7 Å². The van der Waals surface area contributed by atoms with Crippen molar-refractivity contribution in [2.24, 2.45) is 0 Å². The fourth-order valence-corrected chi connectivity index (χ4v) is 3.15. The summed E-state index contributed by atoms with van der Waals surface area (Å²) in [7, 11) is 0. The summed E-state index contributed by atoms with van der Waals surface area (Å²) < 4.78 is 12.7. The summed E-state index contributed by atoms with van der Waals surface area (Å²) >= 11 is 5.74. The van der Waals surface area contributed by atoms with Gasteiger partial charge in [0.2, 0.25) is 17.2 Å². The summed E-state index contributed by atoms with van der Waals surface area (Å²) in [6, 6.07) is 17.4. The summed E-state index contributed by atoms with van der Waals surface area (Å²) in [6.45, 7) is 0. The van der Waals surface area contributed by atoms with E-state index >= 15 is 0 Å². The lowest BCUT2D eigenvalue weighted by atomic mass is 10.1. The van der Waals surface area contributed by atoms with Crippen molar-refractivity contribution in [1.29, 1.82) is 0 Å². The van der Waals surface area contributed by atoms with E-state index in [1.54, 1.807) is 54.6 Å². The number of aromatic hydroxyl groups is 7. The van der Waals surface area contributed by atoms with Gasteiger partial charge >= 0.3 is 0 Å². The lowest BCUT2D eigenvalue weighted by Gasteiger charge is -2.09. The van der Waals surface area contributed by atoms with Gasteiger partial charge in [0.1, 0.15) is 5.82 Å². The first-order valence-electron chi connectivity index (χ1n) is 10.6. The molecule has 0 aliphatic heterocycles. The van der Waals surface area contributed by atoms with Gasteiger partial charge in [-0.25, -0.2) is 4.39 Å². The largest absolute Gasteiger partial charge is 0.504 e. The predicted molar refractivity (Wildman–Crippen MR) is 140 cm³/mol. The zero-order valence-corrected chi connectivity index (χ0v) is 19.8. The maximum atomic E-state index is 12.7. The molecule has 7 nitrogen and oxygen atoms in total. The third-order valence-electron chi connectivity index (χ3n) is 5.06. The molecule has 0 aliphatic carbocycles. The fourth-order valence-electron chi connectivity index (χ4n) is 3.03.